The van der Waals surface area contributed by atoms with E-state index >= 15 is 0 Å². The first kappa shape index (κ1) is 27.0. The van der Waals surface area contributed by atoms with Crippen molar-refractivity contribution >= 4 is 34.4 Å². The third-order valence-electron chi connectivity index (χ3n) is 12.2. The maximum absolute atomic E-state index is 6.74. The summed E-state index contributed by atoms with van der Waals surface area (Å²) in [6.45, 7) is 8.62. The Labute approximate surface area is 261 Å². The average molecular weight is 580 g/mol. The van der Waals surface area contributed by atoms with Crippen molar-refractivity contribution < 1.29 is 9.31 Å². The lowest BCUT2D eigenvalue weighted by molar-refractivity contribution is -0.00516. The van der Waals surface area contributed by atoms with Gasteiger partial charge in [-0.15, -0.1) is 0 Å². The first-order valence-corrected chi connectivity index (χ1v) is 16.8. The topological polar surface area (TPSA) is 23.4 Å². The number of hydrogen-bond donors (Lipinski definition) is 0. The number of para-hydroxylation sites is 3. The highest BCUT2D eigenvalue weighted by Gasteiger charge is 2.54. The molecule has 0 amide bonds. The molecule has 0 N–H and O–H groups in total. The molecular formula is C40H42BNO2. The van der Waals surface area contributed by atoms with Crippen molar-refractivity contribution in [1.29, 1.82) is 0 Å². The van der Waals surface area contributed by atoms with Crippen molar-refractivity contribution in [2.24, 2.45) is 17.8 Å². The van der Waals surface area contributed by atoms with E-state index in [-0.39, 0.29) is 0 Å². The molecule has 5 aromatic rings. The van der Waals surface area contributed by atoms with Crippen LogP contribution in [0.5, 0.6) is 0 Å². The smallest absolute Gasteiger partial charge is 0.399 e. The summed E-state index contributed by atoms with van der Waals surface area (Å²) in [6.07, 6.45) is 8.41. The summed E-state index contributed by atoms with van der Waals surface area (Å²) >= 11 is 0. The molecule has 0 spiro atoms. The molecule has 0 atom stereocenters. The molecule has 2 heterocycles. The summed E-state index contributed by atoms with van der Waals surface area (Å²) in [7, 11) is -0.424. The maximum Gasteiger partial charge on any atom is 0.495 e. The van der Waals surface area contributed by atoms with Crippen LogP contribution >= 0.6 is 0 Å². The highest BCUT2D eigenvalue weighted by atomic mass is 16.7. The first-order chi connectivity index (χ1) is 21.2. The molecule has 4 heteroatoms. The minimum absolute atomic E-state index is 0.305. The van der Waals surface area contributed by atoms with Gasteiger partial charge < -0.3 is 13.9 Å². The van der Waals surface area contributed by atoms with Gasteiger partial charge in [0.2, 0.25) is 0 Å². The summed E-state index contributed by atoms with van der Waals surface area (Å²) in [6, 6.07) is 34.0. The van der Waals surface area contributed by atoms with Crippen molar-refractivity contribution in [3.05, 3.63) is 96.6 Å². The Morgan fingerprint density at radius 2 is 1.14 bits per heavy atom. The SMILES string of the molecule is CC1(C)OB(c2ccc(C34CC5CC(CC(C5)C3)C4)cc2-c2ccccc2-n2c3ccccc3c3ccccc32)OC1(C)C. The van der Waals surface area contributed by atoms with E-state index < -0.39 is 18.3 Å². The van der Waals surface area contributed by atoms with E-state index in [0.29, 0.717) is 5.41 Å². The molecule has 4 aromatic carbocycles. The fraction of sp³-hybridized carbons (Fsp3) is 0.400. The molecule has 0 unspecified atom stereocenters. The van der Waals surface area contributed by atoms with Gasteiger partial charge in [0, 0.05) is 16.3 Å². The molecular weight excluding hydrogens is 537 g/mol. The van der Waals surface area contributed by atoms with Crippen LogP contribution in [0.2, 0.25) is 0 Å². The Kier molecular flexibility index (Phi) is 5.74. The largest absolute Gasteiger partial charge is 0.495 e. The van der Waals surface area contributed by atoms with Crippen LogP contribution in [0.25, 0.3) is 38.6 Å². The average Bonchev–Trinajstić information content (AvgIpc) is 3.45. The molecule has 1 aromatic heterocycles. The zero-order chi connectivity index (χ0) is 29.8. The summed E-state index contributed by atoms with van der Waals surface area (Å²) in [4.78, 5) is 0. The van der Waals surface area contributed by atoms with Crippen LogP contribution in [0.1, 0.15) is 71.8 Å². The van der Waals surface area contributed by atoms with Crippen molar-refractivity contribution in [2.45, 2.75) is 82.8 Å². The van der Waals surface area contributed by atoms with Gasteiger partial charge in [-0.2, -0.15) is 0 Å². The van der Waals surface area contributed by atoms with E-state index in [1.54, 1.807) is 0 Å². The minimum Gasteiger partial charge on any atom is -0.399 e. The molecule has 5 aliphatic rings. The van der Waals surface area contributed by atoms with Gasteiger partial charge in [0.25, 0.3) is 0 Å². The van der Waals surface area contributed by atoms with Gasteiger partial charge >= 0.3 is 7.12 Å². The monoisotopic (exact) mass is 579 g/mol. The van der Waals surface area contributed by atoms with Gasteiger partial charge in [0.15, 0.2) is 0 Å². The van der Waals surface area contributed by atoms with Gasteiger partial charge in [0.05, 0.1) is 27.9 Å². The van der Waals surface area contributed by atoms with Gasteiger partial charge in [-0.05, 0) is 124 Å². The fourth-order valence-corrected chi connectivity index (χ4v) is 9.84. The second kappa shape index (κ2) is 9.34. The van der Waals surface area contributed by atoms with Crippen LogP contribution in [0.3, 0.4) is 0 Å². The van der Waals surface area contributed by atoms with E-state index in [1.807, 2.05) is 0 Å². The van der Waals surface area contributed by atoms with Gasteiger partial charge in [0.1, 0.15) is 0 Å². The van der Waals surface area contributed by atoms with Crippen LogP contribution in [-0.2, 0) is 14.7 Å². The highest BCUT2D eigenvalue weighted by Crippen LogP contribution is 2.61. The molecule has 3 nitrogen and oxygen atoms in total. The minimum atomic E-state index is -0.424. The van der Waals surface area contributed by atoms with Crippen LogP contribution in [0.15, 0.2) is 91.0 Å². The molecule has 1 saturated heterocycles. The highest BCUT2D eigenvalue weighted by molar-refractivity contribution is 6.64. The van der Waals surface area contributed by atoms with Crippen molar-refractivity contribution in [2.75, 3.05) is 0 Å². The number of aromatic nitrogens is 1. The van der Waals surface area contributed by atoms with E-state index in [9.17, 15) is 0 Å². The van der Waals surface area contributed by atoms with E-state index in [2.05, 4.69) is 123 Å². The van der Waals surface area contributed by atoms with Crippen LogP contribution in [0.4, 0.5) is 0 Å². The molecule has 0 radical (unpaired) electrons. The van der Waals surface area contributed by atoms with Crippen LogP contribution in [-0.4, -0.2) is 22.9 Å². The molecule has 44 heavy (non-hydrogen) atoms. The molecule has 4 bridgehead atoms. The summed E-state index contributed by atoms with van der Waals surface area (Å²) in [5.41, 5.74) is 8.30. The number of fused-ring (bicyclic) bond motifs is 3. The Balaban J connectivity index is 1.28. The Bertz CT molecular complexity index is 1830. The zero-order valence-corrected chi connectivity index (χ0v) is 26.5. The van der Waals surface area contributed by atoms with Gasteiger partial charge in [-0.1, -0.05) is 72.8 Å². The first-order valence-electron chi connectivity index (χ1n) is 16.8. The predicted octanol–water partition coefficient (Wildman–Crippen LogP) is 9.22. The van der Waals surface area contributed by atoms with Crippen molar-refractivity contribution in [1.82, 2.24) is 4.57 Å². The predicted molar refractivity (Wildman–Crippen MR) is 182 cm³/mol. The van der Waals surface area contributed by atoms with E-state index in [4.69, 9.17) is 9.31 Å². The van der Waals surface area contributed by atoms with E-state index in [1.165, 1.54) is 82.7 Å². The molecule has 5 fully saturated rings. The Hall–Kier alpha value is -3.34. The second-order valence-corrected chi connectivity index (χ2v) is 15.5. The van der Waals surface area contributed by atoms with Gasteiger partial charge in [-0.25, -0.2) is 0 Å². The maximum atomic E-state index is 6.74. The van der Waals surface area contributed by atoms with Gasteiger partial charge in [-0.3, -0.25) is 0 Å². The lowest BCUT2D eigenvalue weighted by Gasteiger charge is -2.57. The lowest BCUT2D eigenvalue weighted by Crippen LogP contribution is -2.48. The Morgan fingerprint density at radius 3 is 1.73 bits per heavy atom. The molecule has 4 saturated carbocycles. The lowest BCUT2D eigenvalue weighted by atomic mass is 9.48. The number of benzene rings is 4. The number of hydrogen-bond acceptors (Lipinski definition) is 2. The van der Waals surface area contributed by atoms with Crippen molar-refractivity contribution in [3.8, 4) is 16.8 Å². The molecule has 222 valence electrons. The molecule has 4 aliphatic carbocycles. The normalized spacial score (nSPS) is 28.4. The zero-order valence-electron chi connectivity index (χ0n) is 26.5. The van der Waals surface area contributed by atoms with Crippen LogP contribution in [0, 0.1) is 17.8 Å². The van der Waals surface area contributed by atoms with Crippen LogP contribution < -0.4 is 5.46 Å². The second-order valence-electron chi connectivity index (χ2n) is 15.5. The van der Waals surface area contributed by atoms with Crippen molar-refractivity contribution in [3.63, 3.8) is 0 Å². The molecule has 10 rings (SSSR count). The number of nitrogens with zero attached hydrogens (tertiary/aromatic N) is 1. The fourth-order valence-electron chi connectivity index (χ4n) is 9.84. The standard InChI is InChI=1S/C40H42BNO2/c1-38(2)39(3,4)44-41(43-38)34-18-17-29(40-23-26-19-27(24-40)21-28(20-26)25-40)22-33(34)32-13-7-10-16-37(32)42-35-14-8-5-11-30(35)31-12-6-9-15-36(31)42/h5-18,22,26-28H,19-21,23-25H2,1-4H3. The summed E-state index contributed by atoms with van der Waals surface area (Å²) < 4.78 is 16.0. The summed E-state index contributed by atoms with van der Waals surface area (Å²) in [5, 5.41) is 2.57. The third-order valence-corrected chi connectivity index (χ3v) is 12.2. The quantitative estimate of drug-likeness (QED) is 0.198. The third kappa shape index (κ3) is 3.90. The molecule has 1 aliphatic heterocycles. The Morgan fingerprint density at radius 1 is 0.614 bits per heavy atom. The number of rotatable bonds is 4. The summed E-state index contributed by atoms with van der Waals surface area (Å²) in [5.74, 6) is 2.70. The van der Waals surface area contributed by atoms with E-state index in [0.717, 1.165) is 23.2 Å².